The fourth-order valence-corrected chi connectivity index (χ4v) is 2.35. The Morgan fingerprint density at radius 3 is 2.86 bits per heavy atom. The van der Waals surface area contributed by atoms with E-state index in [-0.39, 0.29) is 18.3 Å². The molecule has 0 saturated heterocycles. The van der Waals surface area contributed by atoms with Crippen LogP contribution in [0.25, 0.3) is 11.1 Å². The summed E-state index contributed by atoms with van der Waals surface area (Å²) in [6.45, 7) is 0.174. The first-order valence-corrected chi connectivity index (χ1v) is 7.34. The van der Waals surface area contributed by atoms with Gasteiger partial charge in [-0.25, -0.2) is 4.98 Å². The van der Waals surface area contributed by atoms with E-state index in [0.717, 1.165) is 11.2 Å². The molecule has 3 rings (SSSR count). The number of carbonyl (C=O) groups excluding carboxylic acids is 1. The Labute approximate surface area is 125 Å². The highest BCUT2D eigenvalue weighted by Gasteiger charge is 2.10. The van der Waals surface area contributed by atoms with E-state index in [1.807, 2.05) is 36.4 Å². The van der Waals surface area contributed by atoms with Crippen molar-refractivity contribution in [2.24, 2.45) is 0 Å². The van der Waals surface area contributed by atoms with Gasteiger partial charge in [-0.05, 0) is 24.3 Å². The maximum atomic E-state index is 11.7. The van der Waals surface area contributed by atoms with Gasteiger partial charge in [0.15, 0.2) is 5.58 Å². The summed E-state index contributed by atoms with van der Waals surface area (Å²) in [5.74, 6) is -0.174. The van der Waals surface area contributed by atoms with E-state index in [1.165, 1.54) is 11.8 Å². The van der Waals surface area contributed by atoms with E-state index in [9.17, 15) is 4.79 Å². The topological polar surface area (TPSA) is 65.2 Å². The quantitative estimate of drug-likeness (QED) is 0.533. The van der Waals surface area contributed by atoms with Crippen molar-refractivity contribution in [3.8, 4) is 0 Å². The molecule has 0 radical (unpaired) electrons. The van der Waals surface area contributed by atoms with E-state index in [4.69, 9.17) is 9.15 Å². The highest BCUT2D eigenvalue weighted by Crippen LogP contribution is 2.23. The van der Waals surface area contributed by atoms with Crippen LogP contribution in [0.1, 0.15) is 5.69 Å². The number of rotatable bonds is 5. The molecule has 3 aromatic rings. The molecule has 0 aliphatic carbocycles. The Morgan fingerprint density at radius 1 is 1.19 bits per heavy atom. The van der Waals surface area contributed by atoms with Gasteiger partial charge in [0.25, 0.3) is 5.22 Å². The molecule has 0 fully saturated rings. The monoisotopic (exact) mass is 300 g/mol. The van der Waals surface area contributed by atoms with Crippen molar-refractivity contribution in [1.29, 1.82) is 0 Å². The average molecular weight is 300 g/mol. The Bertz CT molecular complexity index is 710. The minimum absolute atomic E-state index is 0.152. The highest BCUT2D eigenvalue weighted by molar-refractivity contribution is 7.99. The van der Waals surface area contributed by atoms with E-state index >= 15 is 0 Å². The lowest BCUT2D eigenvalue weighted by atomic mass is 10.3. The van der Waals surface area contributed by atoms with Crippen LogP contribution in [0.2, 0.25) is 0 Å². The van der Waals surface area contributed by atoms with Crippen LogP contribution in [0.15, 0.2) is 58.3 Å². The number of thioether (sulfide) groups is 1. The molecule has 0 unspecified atom stereocenters. The van der Waals surface area contributed by atoms with Crippen molar-refractivity contribution < 1.29 is 13.9 Å². The Hall–Kier alpha value is -2.34. The van der Waals surface area contributed by atoms with Crippen molar-refractivity contribution in [2.75, 3.05) is 5.75 Å². The number of benzene rings is 1. The van der Waals surface area contributed by atoms with Gasteiger partial charge in [-0.2, -0.15) is 0 Å². The molecule has 5 nitrogen and oxygen atoms in total. The number of pyridine rings is 1. The second-order valence-electron chi connectivity index (χ2n) is 4.22. The van der Waals surface area contributed by atoms with Gasteiger partial charge >= 0.3 is 5.97 Å². The molecule has 1 aromatic carbocycles. The molecule has 106 valence electrons. The number of oxazole rings is 1. The molecule has 6 heteroatoms. The first-order valence-electron chi connectivity index (χ1n) is 6.35. The Kier molecular flexibility index (Phi) is 4.16. The number of ether oxygens (including phenoxy) is 1. The number of carbonyl (C=O) groups is 1. The van der Waals surface area contributed by atoms with Gasteiger partial charge in [-0.3, -0.25) is 9.78 Å². The fraction of sp³-hybridized carbons (Fsp3) is 0.133. The number of hydrogen-bond donors (Lipinski definition) is 0. The van der Waals surface area contributed by atoms with Gasteiger partial charge in [0.1, 0.15) is 17.9 Å². The van der Waals surface area contributed by atoms with Gasteiger partial charge in [0.2, 0.25) is 0 Å². The van der Waals surface area contributed by atoms with Gasteiger partial charge in [-0.1, -0.05) is 30.0 Å². The molecule has 0 atom stereocenters. The second-order valence-corrected chi connectivity index (χ2v) is 5.14. The van der Waals surface area contributed by atoms with E-state index in [1.54, 1.807) is 12.3 Å². The normalized spacial score (nSPS) is 10.7. The van der Waals surface area contributed by atoms with Crippen LogP contribution in [0, 0.1) is 0 Å². The fourth-order valence-electron chi connectivity index (χ4n) is 1.71. The predicted octanol–water partition coefficient (Wildman–Crippen LogP) is 3.06. The lowest BCUT2D eigenvalue weighted by molar-refractivity contribution is -0.141. The maximum Gasteiger partial charge on any atom is 0.316 e. The van der Waals surface area contributed by atoms with Gasteiger partial charge in [0.05, 0.1) is 5.69 Å². The van der Waals surface area contributed by atoms with Crippen molar-refractivity contribution in [2.45, 2.75) is 11.8 Å². The van der Waals surface area contributed by atoms with Gasteiger partial charge < -0.3 is 9.15 Å². The standard InChI is InChI=1S/C15H12N2O3S/c18-14(19-9-11-5-3-4-8-16-11)10-21-15-17-12-6-1-2-7-13(12)20-15/h1-8H,9-10H2. The lowest BCUT2D eigenvalue weighted by Crippen LogP contribution is -2.07. The molecule has 2 aromatic heterocycles. The molecule has 21 heavy (non-hydrogen) atoms. The number of esters is 1. The zero-order chi connectivity index (χ0) is 14.5. The minimum atomic E-state index is -0.326. The van der Waals surface area contributed by atoms with Crippen LogP contribution < -0.4 is 0 Å². The largest absolute Gasteiger partial charge is 0.459 e. The molecular formula is C15H12N2O3S. The molecule has 0 aliphatic heterocycles. The summed E-state index contributed by atoms with van der Waals surface area (Å²) in [7, 11) is 0. The smallest absolute Gasteiger partial charge is 0.316 e. The summed E-state index contributed by atoms with van der Waals surface area (Å²) in [5.41, 5.74) is 2.21. The van der Waals surface area contributed by atoms with Crippen LogP contribution in [0.5, 0.6) is 0 Å². The molecule has 0 N–H and O–H groups in total. The van der Waals surface area contributed by atoms with E-state index in [2.05, 4.69) is 9.97 Å². The number of para-hydroxylation sites is 2. The van der Waals surface area contributed by atoms with Gasteiger partial charge in [-0.15, -0.1) is 0 Å². The van der Waals surface area contributed by atoms with Crippen LogP contribution in [-0.4, -0.2) is 21.7 Å². The van der Waals surface area contributed by atoms with Crippen molar-refractivity contribution in [1.82, 2.24) is 9.97 Å². The molecule has 0 amide bonds. The molecule has 0 saturated carbocycles. The zero-order valence-corrected chi connectivity index (χ0v) is 11.9. The predicted molar refractivity (Wildman–Crippen MR) is 78.8 cm³/mol. The Morgan fingerprint density at radius 2 is 2.05 bits per heavy atom. The maximum absolute atomic E-state index is 11.7. The molecule has 0 aliphatic rings. The number of nitrogens with zero attached hydrogens (tertiary/aromatic N) is 2. The minimum Gasteiger partial charge on any atom is -0.459 e. The summed E-state index contributed by atoms with van der Waals surface area (Å²) >= 11 is 1.22. The molecular weight excluding hydrogens is 288 g/mol. The van der Waals surface area contributed by atoms with Gasteiger partial charge in [0, 0.05) is 6.20 Å². The first kappa shape index (κ1) is 13.6. The Balaban J connectivity index is 1.51. The first-order chi connectivity index (χ1) is 10.3. The zero-order valence-electron chi connectivity index (χ0n) is 11.1. The summed E-state index contributed by atoms with van der Waals surface area (Å²) in [5, 5.41) is 0.464. The van der Waals surface area contributed by atoms with Crippen molar-refractivity contribution in [3.63, 3.8) is 0 Å². The van der Waals surface area contributed by atoms with E-state index < -0.39 is 0 Å². The summed E-state index contributed by atoms with van der Waals surface area (Å²) in [6.07, 6.45) is 1.66. The molecule has 0 spiro atoms. The average Bonchev–Trinajstić information content (AvgIpc) is 2.95. The number of aromatic nitrogens is 2. The summed E-state index contributed by atoms with van der Waals surface area (Å²) in [6, 6.07) is 12.9. The lowest BCUT2D eigenvalue weighted by Gasteiger charge is -2.02. The molecule has 2 heterocycles. The van der Waals surface area contributed by atoms with Crippen LogP contribution in [0.3, 0.4) is 0 Å². The van der Waals surface area contributed by atoms with E-state index in [0.29, 0.717) is 10.8 Å². The van der Waals surface area contributed by atoms with Crippen LogP contribution >= 0.6 is 11.8 Å². The third-order valence-electron chi connectivity index (χ3n) is 2.69. The third kappa shape index (κ3) is 3.61. The van der Waals surface area contributed by atoms with Crippen molar-refractivity contribution in [3.05, 3.63) is 54.4 Å². The number of hydrogen-bond acceptors (Lipinski definition) is 6. The second kappa shape index (κ2) is 6.41. The summed E-state index contributed by atoms with van der Waals surface area (Å²) in [4.78, 5) is 20.0. The molecule has 0 bridgehead atoms. The van der Waals surface area contributed by atoms with Crippen molar-refractivity contribution >= 4 is 28.8 Å². The SMILES string of the molecule is O=C(CSc1nc2ccccc2o1)OCc1ccccn1. The number of fused-ring (bicyclic) bond motifs is 1. The van der Waals surface area contributed by atoms with Crippen LogP contribution in [0.4, 0.5) is 0 Å². The van der Waals surface area contributed by atoms with Crippen LogP contribution in [-0.2, 0) is 16.1 Å². The highest BCUT2D eigenvalue weighted by atomic mass is 32.2. The third-order valence-corrected chi connectivity index (χ3v) is 3.50. The summed E-state index contributed by atoms with van der Waals surface area (Å²) < 4.78 is 10.6.